The molecule has 13 heteroatoms. The van der Waals surface area contributed by atoms with E-state index in [2.05, 4.69) is 26.1 Å². The van der Waals surface area contributed by atoms with E-state index in [1.807, 2.05) is 0 Å². The Morgan fingerprint density at radius 2 is 2.42 bits per heavy atom. The Bertz CT molecular complexity index is 619. The van der Waals surface area contributed by atoms with Gasteiger partial charge in [0.25, 0.3) is 5.91 Å². The van der Waals surface area contributed by atoms with E-state index in [1.54, 1.807) is 0 Å². The van der Waals surface area contributed by atoms with Crippen molar-refractivity contribution in [3.8, 4) is 0 Å². The monoisotopic (exact) mass is 342 g/mol. The SMILES string of the molecule is COC1C(O)CCC(/C=N/NC(=O)Cn2nnnc2N)C1[N+](=O)[O-]. The van der Waals surface area contributed by atoms with Crippen LogP contribution in [0.4, 0.5) is 5.95 Å². The van der Waals surface area contributed by atoms with Crippen molar-refractivity contribution in [1.29, 1.82) is 0 Å². The van der Waals surface area contributed by atoms with Gasteiger partial charge in [0, 0.05) is 18.2 Å². The van der Waals surface area contributed by atoms with Crippen molar-refractivity contribution in [2.75, 3.05) is 12.8 Å². The smallest absolute Gasteiger partial charge is 0.261 e. The summed E-state index contributed by atoms with van der Waals surface area (Å²) in [5.41, 5.74) is 7.66. The first-order chi connectivity index (χ1) is 11.4. The van der Waals surface area contributed by atoms with E-state index in [0.29, 0.717) is 12.8 Å². The number of nitrogen functional groups attached to an aromatic ring is 1. The summed E-state index contributed by atoms with van der Waals surface area (Å²) in [6.07, 6.45) is 0.140. The standard InChI is InChI=1S/C11H18N8O5/c1-24-10-7(20)3-2-6(9(10)19(22)23)4-13-14-8(21)5-18-11(12)15-16-17-18/h4,6-7,9-10,20H,2-3,5H2,1H3,(H,14,21)(H2,12,15,17)/b13-4+. The topological polar surface area (TPSA) is 184 Å². The second-order valence-corrected chi connectivity index (χ2v) is 5.29. The molecule has 4 atom stereocenters. The molecule has 0 bridgehead atoms. The molecule has 0 saturated heterocycles. The molecule has 1 amide bonds. The van der Waals surface area contributed by atoms with E-state index in [0.717, 1.165) is 4.68 Å². The van der Waals surface area contributed by atoms with Gasteiger partial charge in [-0.25, -0.2) is 10.1 Å². The molecule has 4 N–H and O–H groups in total. The molecule has 2 rings (SSSR count). The Morgan fingerprint density at radius 3 is 3.00 bits per heavy atom. The van der Waals surface area contributed by atoms with Crippen molar-refractivity contribution in [3.63, 3.8) is 0 Å². The van der Waals surface area contributed by atoms with E-state index in [-0.39, 0.29) is 12.5 Å². The van der Waals surface area contributed by atoms with Crippen LogP contribution in [0, 0.1) is 16.0 Å². The molecule has 1 aromatic heterocycles. The summed E-state index contributed by atoms with van der Waals surface area (Å²) in [6.45, 7) is -0.237. The number of aliphatic hydroxyl groups is 1. The molecular formula is C11H18N8O5. The van der Waals surface area contributed by atoms with E-state index in [1.165, 1.54) is 13.3 Å². The summed E-state index contributed by atoms with van der Waals surface area (Å²) in [6, 6.07) is -1.14. The average Bonchev–Trinajstić information content (AvgIpc) is 2.93. The summed E-state index contributed by atoms with van der Waals surface area (Å²) in [7, 11) is 1.31. The van der Waals surface area contributed by atoms with Gasteiger partial charge in [0.1, 0.15) is 6.54 Å². The number of aromatic nitrogens is 4. The number of ether oxygens (including phenoxy) is 1. The van der Waals surface area contributed by atoms with Gasteiger partial charge in [0.15, 0.2) is 6.10 Å². The zero-order chi connectivity index (χ0) is 17.7. The highest BCUT2D eigenvalue weighted by Crippen LogP contribution is 2.28. The fourth-order valence-electron chi connectivity index (χ4n) is 2.61. The lowest BCUT2D eigenvalue weighted by Gasteiger charge is -2.32. The molecule has 0 aliphatic heterocycles. The number of hydrogen-bond donors (Lipinski definition) is 3. The minimum absolute atomic E-state index is 0.0215. The molecule has 1 aromatic rings. The largest absolute Gasteiger partial charge is 0.390 e. The quantitative estimate of drug-likeness (QED) is 0.293. The van der Waals surface area contributed by atoms with Crippen molar-refractivity contribution >= 4 is 18.1 Å². The second kappa shape index (κ2) is 7.74. The van der Waals surface area contributed by atoms with Crippen LogP contribution in [0.15, 0.2) is 5.10 Å². The third-order valence-electron chi connectivity index (χ3n) is 3.77. The summed E-state index contributed by atoms with van der Waals surface area (Å²) in [5.74, 6) is -1.14. The van der Waals surface area contributed by atoms with Crippen LogP contribution < -0.4 is 11.2 Å². The number of nitrogens with zero attached hydrogens (tertiary/aromatic N) is 6. The second-order valence-electron chi connectivity index (χ2n) is 5.29. The fraction of sp³-hybridized carbons (Fsp3) is 0.727. The fourth-order valence-corrected chi connectivity index (χ4v) is 2.61. The number of aliphatic hydroxyl groups excluding tert-OH is 1. The summed E-state index contributed by atoms with van der Waals surface area (Å²) < 4.78 is 6.11. The van der Waals surface area contributed by atoms with Crippen molar-refractivity contribution in [2.24, 2.45) is 11.0 Å². The van der Waals surface area contributed by atoms with Crippen LogP contribution in [0.5, 0.6) is 0 Å². The zero-order valence-electron chi connectivity index (χ0n) is 12.8. The van der Waals surface area contributed by atoms with Crippen LogP contribution >= 0.6 is 0 Å². The number of hydrazone groups is 1. The van der Waals surface area contributed by atoms with Gasteiger partial charge in [-0.2, -0.15) is 5.10 Å². The van der Waals surface area contributed by atoms with Crippen LogP contribution in [0.2, 0.25) is 0 Å². The van der Waals surface area contributed by atoms with E-state index in [9.17, 15) is 20.0 Å². The molecule has 1 fully saturated rings. The van der Waals surface area contributed by atoms with Crippen LogP contribution in [0.3, 0.4) is 0 Å². The first-order valence-electron chi connectivity index (χ1n) is 7.12. The highest BCUT2D eigenvalue weighted by molar-refractivity contribution is 5.77. The van der Waals surface area contributed by atoms with Crippen molar-refractivity contribution in [2.45, 2.75) is 37.6 Å². The minimum Gasteiger partial charge on any atom is -0.390 e. The lowest BCUT2D eigenvalue weighted by atomic mass is 9.81. The number of amides is 1. The van der Waals surface area contributed by atoms with E-state index >= 15 is 0 Å². The van der Waals surface area contributed by atoms with E-state index in [4.69, 9.17) is 10.5 Å². The number of carbonyl (C=O) groups excluding carboxylic acids is 1. The van der Waals surface area contributed by atoms with Gasteiger partial charge in [-0.1, -0.05) is 5.10 Å². The van der Waals surface area contributed by atoms with Crippen LogP contribution in [0.25, 0.3) is 0 Å². The summed E-state index contributed by atoms with van der Waals surface area (Å²) >= 11 is 0. The Kier molecular flexibility index (Phi) is 5.70. The Balaban J connectivity index is 1.95. The Labute approximate surface area is 136 Å². The minimum atomic E-state index is -1.14. The highest BCUT2D eigenvalue weighted by atomic mass is 16.6. The Hall–Kier alpha value is -2.67. The third kappa shape index (κ3) is 3.99. The van der Waals surface area contributed by atoms with Crippen LogP contribution in [-0.4, -0.2) is 67.7 Å². The predicted octanol–water partition coefficient (Wildman–Crippen LogP) is -2.21. The van der Waals surface area contributed by atoms with Crippen LogP contribution in [0.1, 0.15) is 12.8 Å². The molecule has 0 aromatic carbocycles. The molecule has 1 heterocycles. The van der Waals surface area contributed by atoms with Crippen molar-refractivity contribution in [3.05, 3.63) is 10.1 Å². The molecule has 132 valence electrons. The molecule has 0 spiro atoms. The number of anilines is 1. The number of nitrogens with one attached hydrogen (secondary N) is 1. The van der Waals surface area contributed by atoms with Gasteiger partial charge in [-0.15, -0.1) is 0 Å². The highest BCUT2D eigenvalue weighted by Gasteiger charge is 2.46. The molecule has 13 nitrogen and oxygen atoms in total. The Morgan fingerprint density at radius 1 is 1.67 bits per heavy atom. The van der Waals surface area contributed by atoms with Gasteiger partial charge >= 0.3 is 0 Å². The van der Waals surface area contributed by atoms with E-state index < -0.39 is 35.0 Å². The molecule has 1 saturated carbocycles. The lowest BCUT2D eigenvalue weighted by Crippen LogP contribution is -2.52. The molecule has 1 aliphatic rings. The first kappa shape index (κ1) is 17.7. The van der Waals surface area contributed by atoms with Gasteiger partial charge in [0.2, 0.25) is 12.0 Å². The number of tetrazole rings is 1. The number of hydrogen-bond acceptors (Lipinski definition) is 10. The number of nitrogens with two attached hydrogens (primary N) is 1. The predicted molar refractivity (Wildman–Crippen MR) is 79.2 cm³/mol. The number of rotatable bonds is 6. The van der Waals surface area contributed by atoms with Crippen LogP contribution in [-0.2, 0) is 16.1 Å². The van der Waals surface area contributed by atoms with Gasteiger partial charge < -0.3 is 15.6 Å². The van der Waals surface area contributed by atoms with Gasteiger partial charge in [-0.05, 0) is 23.3 Å². The number of carbonyl (C=O) groups is 1. The molecule has 24 heavy (non-hydrogen) atoms. The van der Waals surface area contributed by atoms with Crippen molar-refractivity contribution in [1.82, 2.24) is 25.6 Å². The summed E-state index contributed by atoms with van der Waals surface area (Å²) in [5, 5.41) is 35.0. The summed E-state index contributed by atoms with van der Waals surface area (Å²) in [4.78, 5) is 22.4. The maximum absolute atomic E-state index is 11.7. The zero-order valence-corrected chi connectivity index (χ0v) is 12.8. The van der Waals surface area contributed by atoms with Gasteiger partial charge in [0.05, 0.1) is 12.0 Å². The maximum atomic E-state index is 11.7. The number of nitro groups is 1. The molecule has 1 aliphatic carbocycles. The average molecular weight is 342 g/mol. The maximum Gasteiger partial charge on any atom is 0.261 e. The lowest BCUT2D eigenvalue weighted by molar-refractivity contribution is -0.546. The van der Waals surface area contributed by atoms with Gasteiger partial charge in [-0.3, -0.25) is 14.9 Å². The normalized spacial score (nSPS) is 27.2. The number of methoxy groups -OCH3 is 1. The molecule has 0 radical (unpaired) electrons. The first-order valence-corrected chi connectivity index (χ1v) is 7.12. The molecular weight excluding hydrogens is 324 g/mol. The van der Waals surface area contributed by atoms with Crippen molar-refractivity contribution < 1.29 is 19.6 Å². The third-order valence-corrected chi connectivity index (χ3v) is 3.77. The molecule has 4 unspecified atom stereocenters.